The lowest BCUT2D eigenvalue weighted by molar-refractivity contribution is 0.325. The summed E-state index contributed by atoms with van der Waals surface area (Å²) in [5.74, 6) is 0. The number of hydrogen-bond acceptors (Lipinski definition) is 3. The van der Waals surface area contributed by atoms with Crippen LogP contribution in [0.25, 0.3) is 0 Å². The van der Waals surface area contributed by atoms with E-state index in [0.717, 1.165) is 32.6 Å². The Morgan fingerprint density at radius 1 is 1.25 bits per heavy atom. The summed E-state index contributed by atoms with van der Waals surface area (Å²) >= 11 is 0. The molecule has 0 heterocycles. The van der Waals surface area contributed by atoms with Crippen LogP contribution in [-0.4, -0.2) is 44.7 Å². The highest BCUT2D eigenvalue weighted by Crippen LogP contribution is 1.88. The average Bonchev–Trinajstić information content (AvgIpc) is 2.09. The molecule has 0 aromatic rings. The first kappa shape index (κ1) is 11.9. The highest BCUT2D eigenvalue weighted by Gasteiger charge is 1.95. The maximum Gasteiger partial charge on any atom is -0.000968 e. The van der Waals surface area contributed by atoms with Crippen molar-refractivity contribution < 1.29 is 0 Å². The van der Waals surface area contributed by atoms with E-state index in [1.807, 2.05) is 0 Å². The zero-order valence-electron chi connectivity index (χ0n) is 8.47. The minimum absolute atomic E-state index is 0.803. The van der Waals surface area contributed by atoms with E-state index in [1.165, 1.54) is 13.0 Å². The minimum atomic E-state index is 0.803. The number of rotatable bonds is 8. The molecule has 3 N–H and O–H groups in total. The molecule has 0 amide bonds. The number of nitrogens with one attached hydrogen (secondary N) is 1. The molecule has 0 saturated heterocycles. The van der Waals surface area contributed by atoms with Gasteiger partial charge in [0.25, 0.3) is 0 Å². The number of hydrogen-bond donors (Lipinski definition) is 2. The first-order chi connectivity index (χ1) is 5.81. The standard InChI is InChI=1S/C9H23N3/c1-3-11-7-5-9-12(2)8-4-6-10/h11H,3-10H2,1-2H3. The number of nitrogens with zero attached hydrogens (tertiary/aromatic N) is 1. The van der Waals surface area contributed by atoms with Crippen LogP contribution < -0.4 is 11.1 Å². The molecular formula is C9H23N3. The molecule has 0 rings (SSSR count). The molecule has 0 aliphatic rings. The first-order valence-electron chi connectivity index (χ1n) is 4.90. The predicted octanol–water partition coefficient (Wildman–Crippen LogP) is 0.267. The lowest BCUT2D eigenvalue weighted by atomic mass is 10.3. The summed E-state index contributed by atoms with van der Waals surface area (Å²) in [6.07, 6.45) is 2.34. The van der Waals surface area contributed by atoms with Crippen LogP contribution in [0.5, 0.6) is 0 Å². The van der Waals surface area contributed by atoms with Gasteiger partial charge in [-0.25, -0.2) is 0 Å². The third-order valence-electron chi connectivity index (χ3n) is 1.89. The predicted molar refractivity (Wildman–Crippen MR) is 54.3 cm³/mol. The lowest BCUT2D eigenvalue weighted by Crippen LogP contribution is -2.26. The third-order valence-corrected chi connectivity index (χ3v) is 1.89. The Morgan fingerprint density at radius 2 is 1.92 bits per heavy atom. The fourth-order valence-corrected chi connectivity index (χ4v) is 1.12. The van der Waals surface area contributed by atoms with Crippen LogP contribution in [0.4, 0.5) is 0 Å². The van der Waals surface area contributed by atoms with Gasteiger partial charge in [-0.05, 0) is 52.6 Å². The lowest BCUT2D eigenvalue weighted by Gasteiger charge is -2.15. The quantitative estimate of drug-likeness (QED) is 0.518. The second-order valence-electron chi connectivity index (χ2n) is 3.15. The zero-order valence-corrected chi connectivity index (χ0v) is 8.47. The molecule has 0 aromatic carbocycles. The Bertz CT molecular complexity index is 85.8. The van der Waals surface area contributed by atoms with Crippen molar-refractivity contribution in [3.05, 3.63) is 0 Å². The van der Waals surface area contributed by atoms with Crippen LogP contribution in [-0.2, 0) is 0 Å². The summed E-state index contributed by atoms with van der Waals surface area (Å²) in [7, 11) is 2.15. The molecule has 0 fully saturated rings. The van der Waals surface area contributed by atoms with Crippen LogP contribution >= 0.6 is 0 Å². The monoisotopic (exact) mass is 173 g/mol. The SMILES string of the molecule is CCNCCCN(C)CCCN. The molecule has 0 saturated carbocycles. The molecule has 0 aliphatic heterocycles. The van der Waals surface area contributed by atoms with Crippen molar-refractivity contribution in [1.29, 1.82) is 0 Å². The van der Waals surface area contributed by atoms with Gasteiger partial charge >= 0.3 is 0 Å². The molecule has 0 bridgehead atoms. The average molecular weight is 173 g/mol. The Kier molecular flexibility index (Phi) is 8.88. The number of nitrogens with two attached hydrogens (primary N) is 1. The van der Waals surface area contributed by atoms with E-state index < -0.39 is 0 Å². The maximum absolute atomic E-state index is 5.41. The van der Waals surface area contributed by atoms with Gasteiger partial charge in [-0.2, -0.15) is 0 Å². The van der Waals surface area contributed by atoms with E-state index in [9.17, 15) is 0 Å². The van der Waals surface area contributed by atoms with E-state index in [0.29, 0.717) is 0 Å². The second-order valence-corrected chi connectivity index (χ2v) is 3.15. The molecule has 0 radical (unpaired) electrons. The topological polar surface area (TPSA) is 41.3 Å². The van der Waals surface area contributed by atoms with Gasteiger partial charge in [-0.3, -0.25) is 0 Å². The van der Waals surface area contributed by atoms with Gasteiger partial charge in [0.2, 0.25) is 0 Å². The van der Waals surface area contributed by atoms with E-state index in [-0.39, 0.29) is 0 Å². The van der Waals surface area contributed by atoms with Gasteiger partial charge in [0, 0.05) is 0 Å². The van der Waals surface area contributed by atoms with Crippen LogP contribution in [0.3, 0.4) is 0 Å². The summed E-state index contributed by atoms with van der Waals surface area (Å²) in [4.78, 5) is 2.34. The van der Waals surface area contributed by atoms with Gasteiger partial charge in [-0.15, -0.1) is 0 Å². The van der Waals surface area contributed by atoms with Gasteiger partial charge in [0.1, 0.15) is 0 Å². The van der Waals surface area contributed by atoms with Gasteiger partial charge in [0.05, 0.1) is 0 Å². The van der Waals surface area contributed by atoms with Crippen molar-refractivity contribution in [3.8, 4) is 0 Å². The highest BCUT2D eigenvalue weighted by atomic mass is 15.1. The molecule has 3 nitrogen and oxygen atoms in total. The van der Waals surface area contributed by atoms with Crippen molar-refractivity contribution >= 4 is 0 Å². The highest BCUT2D eigenvalue weighted by molar-refractivity contribution is 4.53. The zero-order chi connectivity index (χ0) is 9.23. The van der Waals surface area contributed by atoms with Crippen molar-refractivity contribution in [3.63, 3.8) is 0 Å². The summed E-state index contributed by atoms with van der Waals surface area (Å²) in [5, 5.41) is 3.31. The fourth-order valence-electron chi connectivity index (χ4n) is 1.12. The van der Waals surface area contributed by atoms with Crippen molar-refractivity contribution in [2.75, 3.05) is 39.8 Å². The largest absolute Gasteiger partial charge is 0.330 e. The summed E-state index contributed by atoms with van der Waals surface area (Å²) in [6, 6.07) is 0. The second kappa shape index (κ2) is 8.97. The van der Waals surface area contributed by atoms with E-state index >= 15 is 0 Å². The minimum Gasteiger partial charge on any atom is -0.330 e. The Morgan fingerprint density at radius 3 is 2.50 bits per heavy atom. The summed E-state index contributed by atoms with van der Waals surface area (Å²) < 4.78 is 0. The normalized spacial score (nSPS) is 11.0. The van der Waals surface area contributed by atoms with Crippen molar-refractivity contribution in [2.24, 2.45) is 5.73 Å². The van der Waals surface area contributed by atoms with E-state index in [1.54, 1.807) is 0 Å². The maximum atomic E-state index is 5.41. The Labute approximate surface area is 76.3 Å². The summed E-state index contributed by atoms with van der Waals surface area (Å²) in [6.45, 7) is 7.45. The van der Waals surface area contributed by atoms with E-state index in [4.69, 9.17) is 5.73 Å². The molecule has 0 atom stereocenters. The molecular weight excluding hydrogens is 150 g/mol. The van der Waals surface area contributed by atoms with Crippen LogP contribution in [0.2, 0.25) is 0 Å². The third kappa shape index (κ3) is 7.98. The van der Waals surface area contributed by atoms with Crippen LogP contribution in [0.15, 0.2) is 0 Å². The van der Waals surface area contributed by atoms with Gasteiger partial charge in [-0.1, -0.05) is 6.92 Å². The molecule has 3 heteroatoms. The van der Waals surface area contributed by atoms with Crippen LogP contribution in [0, 0.1) is 0 Å². The molecule has 0 spiro atoms. The van der Waals surface area contributed by atoms with Gasteiger partial charge < -0.3 is 16.0 Å². The molecule has 74 valence electrons. The van der Waals surface area contributed by atoms with E-state index in [2.05, 4.69) is 24.2 Å². The molecule has 0 unspecified atom stereocenters. The molecule has 12 heavy (non-hydrogen) atoms. The van der Waals surface area contributed by atoms with Crippen molar-refractivity contribution in [1.82, 2.24) is 10.2 Å². The van der Waals surface area contributed by atoms with Crippen LogP contribution in [0.1, 0.15) is 19.8 Å². The Hall–Kier alpha value is -0.120. The molecule has 0 aromatic heterocycles. The van der Waals surface area contributed by atoms with Gasteiger partial charge in [0.15, 0.2) is 0 Å². The first-order valence-corrected chi connectivity index (χ1v) is 4.90. The fraction of sp³-hybridized carbons (Fsp3) is 1.00. The van der Waals surface area contributed by atoms with Crippen molar-refractivity contribution in [2.45, 2.75) is 19.8 Å². The smallest absolute Gasteiger partial charge is 0.000968 e. The Balaban J connectivity index is 3.02. The summed E-state index contributed by atoms with van der Waals surface area (Å²) in [5.41, 5.74) is 5.41. The molecule has 0 aliphatic carbocycles.